The van der Waals surface area contributed by atoms with Crippen molar-refractivity contribution in [1.29, 1.82) is 0 Å². The van der Waals surface area contributed by atoms with E-state index in [0.29, 0.717) is 17.0 Å². The average Bonchev–Trinajstić information content (AvgIpc) is 2.42. The van der Waals surface area contributed by atoms with Crippen molar-refractivity contribution in [1.82, 2.24) is 4.98 Å². The summed E-state index contributed by atoms with van der Waals surface area (Å²) in [6, 6.07) is 4.57. The molecule has 0 aliphatic rings. The topological polar surface area (TPSA) is 60.2 Å². The second-order valence-electron chi connectivity index (χ2n) is 2.60. The summed E-state index contributed by atoms with van der Waals surface area (Å²) in [7, 11) is -2.21. The van der Waals surface area contributed by atoms with E-state index in [0.717, 1.165) is 0 Å². The molecule has 0 aliphatic heterocycles. The molecule has 1 aromatic heterocycles. The Labute approximate surface area is 105 Å². The first kappa shape index (κ1) is 11.7. The fourth-order valence-corrected chi connectivity index (χ4v) is 1.51. The number of aromatic nitrogens is 1. The van der Waals surface area contributed by atoms with Gasteiger partial charge >= 0.3 is 29.6 Å². The molecule has 0 saturated heterocycles. The van der Waals surface area contributed by atoms with Gasteiger partial charge in [0.1, 0.15) is 5.52 Å². The molecule has 0 bridgehead atoms. The van der Waals surface area contributed by atoms with E-state index in [4.69, 9.17) is 4.42 Å². The first-order chi connectivity index (χ1) is 6.16. The SMILES string of the molecule is Cc1nc2ccc([S-](=O)=O)cc2o1.[Na+]. The molecular formula is C8H6NNaO3S. The largest absolute Gasteiger partial charge is 1.00 e. The number of hydrogen-bond donors (Lipinski definition) is 0. The molecule has 0 fully saturated rings. The summed E-state index contributed by atoms with van der Waals surface area (Å²) >= 11 is 0. The van der Waals surface area contributed by atoms with Crippen LogP contribution in [0.4, 0.5) is 0 Å². The molecule has 14 heavy (non-hydrogen) atoms. The van der Waals surface area contributed by atoms with E-state index in [1.165, 1.54) is 12.1 Å². The minimum Gasteiger partial charge on any atom is -0.441 e. The van der Waals surface area contributed by atoms with Gasteiger partial charge in [-0.2, -0.15) is 0 Å². The quantitative estimate of drug-likeness (QED) is 0.447. The molecule has 2 rings (SSSR count). The van der Waals surface area contributed by atoms with Gasteiger partial charge in [-0.15, -0.1) is 0 Å². The van der Waals surface area contributed by atoms with Crippen molar-refractivity contribution >= 4 is 21.8 Å². The third-order valence-electron chi connectivity index (χ3n) is 1.66. The van der Waals surface area contributed by atoms with Crippen LogP contribution in [0.1, 0.15) is 5.89 Å². The van der Waals surface area contributed by atoms with Crippen LogP contribution in [0.3, 0.4) is 0 Å². The van der Waals surface area contributed by atoms with Crippen LogP contribution in [-0.4, -0.2) is 4.98 Å². The molecule has 1 heterocycles. The minimum atomic E-state index is -2.21. The summed E-state index contributed by atoms with van der Waals surface area (Å²) in [5, 5.41) is 0. The van der Waals surface area contributed by atoms with Gasteiger partial charge in [0.05, 0.1) is 0 Å². The van der Waals surface area contributed by atoms with Crippen LogP contribution in [0, 0.1) is 6.92 Å². The van der Waals surface area contributed by atoms with E-state index >= 15 is 0 Å². The summed E-state index contributed by atoms with van der Waals surface area (Å²) in [4.78, 5) is 4.26. The Morgan fingerprint density at radius 2 is 2.07 bits per heavy atom. The van der Waals surface area contributed by atoms with E-state index in [9.17, 15) is 8.42 Å². The molecule has 2 aromatic rings. The first-order valence-corrected chi connectivity index (χ1v) is 4.71. The van der Waals surface area contributed by atoms with Gasteiger partial charge in [-0.05, 0) is 22.8 Å². The van der Waals surface area contributed by atoms with Crippen LogP contribution in [0.15, 0.2) is 27.5 Å². The maximum absolute atomic E-state index is 10.6. The molecule has 0 N–H and O–H groups in total. The van der Waals surface area contributed by atoms with Gasteiger partial charge in [0.15, 0.2) is 11.5 Å². The maximum atomic E-state index is 10.6. The van der Waals surface area contributed by atoms with Crippen molar-refractivity contribution in [2.45, 2.75) is 11.8 Å². The fourth-order valence-electron chi connectivity index (χ4n) is 1.12. The Hall–Kier alpha value is -0.360. The number of benzene rings is 1. The van der Waals surface area contributed by atoms with E-state index in [1.54, 1.807) is 13.0 Å². The molecule has 0 radical (unpaired) electrons. The zero-order valence-electron chi connectivity index (χ0n) is 7.81. The molecule has 1 aromatic carbocycles. The average molecular weight is 219 g/mol. The van der Waals surface area contributed by atoms with Gasteiger partial charge in [-0.1, -0.05) is 11.0 Å². The molecule has 0 saturated carbocycles. The maximum Gasteiger partial charge on any atom is 1.00 e. The Morgan fingerprint density at radius 1 is 1.36 bits per heavy atom. The van der Waals surface area contributed by atoms with Crippen LogP contribution in [-0.2, 0) is 19.1 Å². The molecule has 0 spiro atoms. The fraction of sp³-hybridized carbons (Fsp3) is 0.125. The van der Waals surface area contributed by atoms with Crippen LogP contribution < -0.4 is 29.6 Å². The molecule has 6 heteroatoms. The molecule has 0 aliphatic carbocycles. The summed E-state index contributed by atoms with van der Waals surface area (Å²) < 4.78 is 26.4. The van der Waals surface area contributed by atoms with Crippen LogP contribution in [0.2, 0.25) is 0 Å². The van der Waals surface area contributed by atoms with Crippen LogP contribution >= 0.6 is 0 Å². The number of hydrogen-bond acceptors (Lipinski definition) is 5. The van der Waals surface area contributed by atoms with E-state index in [2.05, 4.69) is 4.98 Å². The van der Waals surface area contributed by atoms with Gasteiger partial charge < -0.3 is 12.8 Å². The summed E-state index contributed by atoms with van der Waals surface area (Å²) in [6.45, 7) is 1.72. The van der Waals surface area contributed by atoms with Gasteiger partial charge in [0.2, 0.25) is 0 Å². The molecule has 0 atom stereocenters. The summed E-state index contributed by atoms with van der Waals surface area (Å²) in [5.41, 5.74) is 1.17. The molecular weight excluding hydrogens is 213 g/mol. The van der Waals surface area contributed by atoms with Crippen LogP contribution in [0.25, 0.3) is 11.1 Å². The molecule has 0 unspecified atom stereocenters. The predicted molar refractivity (Wildman–Crippen MR) is 45.8 cm³/mol. The second kappa shape index (κ2) is 4.44. The Balaban J connectivity index is 0.000000980. The number of fused-ring (bicyclic) bond motifs is 1. The van der Waals surface area contributed by atoms with Crippen molar-refractivity contribution in [2.24, 2.45) is 0 Å². The normalized spacial score (nSPS) is 10.4. The van der Waals surface area contributed by atoms with Gasteiger partial charge in [-0.25, -0.2) is 4.98 Å². The third kappa shape index (κ3) is 2.17. The van der Waals surface area contributed by atoms with E-state index < -0.39 is 10.7 Å². The number of rotatable bonds is 1. The Morgan fingerprint density at radius 3 is 2.71 bits per heavy atom. The number of oxazole rings is 1. The Kier molecular flexibility index (Phi) is 3.71. The van der Waals surface area contributed by atoms with E-state index in [-0.39, 0.29) is 34.5 Å². The summed E-state index contributed by atoms with van der Waals surface area (Å²) in [6.07, 6.45) is 0. The summed E-state index contributed by atoms with van der Waals surface area (Å²) in [5.74, 6) is 0.531. The van der Waals surface area contributed by atoms with Crippen LogP contribution in [0.5, 0.6) is 0 Å². The second-order valence-corrected chi connectivity index (χ2v) is 3.54. The third-order valence-corrected chi connectivity index (χ3v) is 2.30. The van der Waals surface area contributed by atoms with Crippen molar-refractivity contribution in [3.63, 3.8) is 0 Å². The van der Waals surface area contributed by atoms with Gasteiger partial charge in [0, 0.05) is 6.92 Å². The van der Waals surface area contributed by atoms with Crippen molar-refractivity contribution in [2.75, 3.05) is 0 Å². The number of aryl methyl sites for hydroxylation is 1. The van der Waals surface area contributed by atoms with Crippen molar-refractivity contribution < 1.29 is 42.4 Å². The Bertz CT molecular complexity index is 524. The first-order valence-electron chi connectivity index (χ1n) is 3.63. The monoisotopic (exact) mass is 219 g/mol. The standard InChI is InChI=1S/C8H6NO3S.Na/c1-5-9-7-3-2-6(13(10)11)4-8(7)12-5;/h2-4H,1H3;/q-1;+1. The zero-order chi connectivity index (χ0) is 9.42. The van der Waals surface area contributed by atoms with Crippen molar-refractivity contribution in [3.8, 4) is 0 Å². The van der Waals surface area contributed by atoms with Gasteiger partial charge in [0.25, 0.3) is 0 Å². The smallest absolute Gasteiger partial charge is 0.441 e. The van der Waals surface area contributed by atoms with Crippen molar-refractivity contribution in [3.05, 3.63) is 24.1 Å². The predicted octanol–water partition coefficient (Wildman–Crippen LogP) is -1.19. The zero-order valence-corrected chi connectivity index (χ0v) is 10.6. The van der Waals surface area contributed by atoms with E-state index in [1.807, 2.05) is 0 Å². The minimum absolute atomic E-state index is 0. The van der Waals surface area contributed by atoms with Gasteiger partial charge in [-0.3, -0.25) is 0 Å². The number of nitrogens with zero attached hydrogens (tertiary/aromatic N) is 1. The molecule has 68 valence electrons. The molecule has 4 nitrogen and oxygen atoms in total. The molecule has 0 amide bonds.